The van der Waals surface area contributed by atoms with Crippen LogP contribution in [0.5, 0.6) is 0 Å². The maximum atomic E-state index is 12.3. The normalized spacial score (nSPS) is 18.2. The maximum Gasteiger partial charge on any atom is 0.229 e. The quantitative estimate of drug-likeness (QED) is 0.719. The van der Waals surface area contributed by atoms with Gasteiger partial charge in [0.05, 0.1) is 5.39 Å². The van der Waals surface area contributed by atoms with Gasteiger partial charge in [-0.25, -0.2) is 4.98 Å². The zero-order valence-electron chi connectivity index (χ0n) is 17.4. The predicted octanol–water partition coefficient (Wildman–Crippen LogP) is 3.40. The summed E-state index contributed by atoms with van der Waals surface area (Å²) in [6.45, 7) is 4.28. The van der Waals surface area contributed by atoms with Crippen molar-refractivity contribution < 1.29 is 0 Å². The van der Waals surface area contributed by atoms with Crippen molar-refractivity contribution in [3.8, 4) is 0 Å². The number of hydrogen-bond acceptors (Lipinski definition) is 6. The molecule has 2 fully saturated rings. The second kappa shape index (κ2) is 8.07. The monoisotopic (exact) mass is 404 g/mol. The van der Waals surface area contributed by atoms with Gasteiger partial charge >= 0.3 is 0 Å². The third kappa shape index (κ3) is 3.77. The van der Waals surface area contributed by atoms with Crippen molar-refractivity contribution in [3.63, 3.8) is 0 Å². The number of nitrogens with zero attached hydrogens (tertiary/aromatic N) is 5. The molecule has 30 heavy (non-hydrogen) atoms. The summed E-state index contributed by atoms with van der Waals surface area (Å²) in [5.41, 5.74) is 2.88. The number of piperazine rings is 1. The van der Waals surface area contributed by atoms with Gasteiger partial charge in [0.25, 0.3) is 0 Å². The van der Waals surface area contributed by atoms with Crippen molar-refractivity contribution in [2.24, 2.45) is 0 Å². The molecular formula is C23H28N6O. The Labute approximate surface area is 176 Å². The smallest absolute Gasteiger partial charge is 0.229 e. The summed E-state index contributed by atoms with van der Waals surface area (Å²) in [4.78, 5) is 26.2. The van der Waals surface area contributed by atoms with Crippen LogP contribution in [0.15, 0.2) is 47.5 Å². The minimum absolute atomic E-state index is 0.0256. The van der Waals surface area contributed by atoms with Crippen LogP contribution in [0.1, 0.15) is 31.7 Å². The van der Waals surface area contributed by atoms with Crippen LogP contribution in [-0.4, -0.2) is 52.7 Å². The molecule has 7 nitrogen and oxygen atoms in total. The first-order valence-corrected chi connectivity index (χ1v) is 10.9. The molecule has 1 aliphatic carbocycles. The van der Waals surface area contributed by atoms with Gasteiger partial charge in [0.2, 0.25) is 5.95 Å². The first-order chi connectivity index (χ1) is 14.7. The summed E-state index contributed by atoms with van der Waals surface area (Å²) >= 11 is 0. The van der Waals surface area contributed by atoms with Crippen LogP contribution in [0.4, 0.5) is 17.3 Å². The fourth-order valence-electron chi connectivity index (χ4n) is 4.54. The third-order valence-corrected chi connectivity index (χ3v) is 6.38. The largest absolute Gasteiger partial charge is 0.369 e. The van der Waals surface area contributed by atoms with E-state index < -0.39 is 0 Å². The Morgan fingerprint density at radius 2 is 1.73 bits per heavy atom. The number of likely N-dealkylation sites (N-methyl/N-ethyl adjacent to an activating group) is 1. The van der Waals surface area contributed by atoms with Gasteiger partial charge in [0, 0.05) is 62.1 Å². The van der Waals surface area contributed by atoms with Gasteiger partial charge in [-0.2, -0.15) is 4.98 Å². The summed E-state index contributed by atoms with van der Waals surface area (Å²) in [6.07, 6.45) is 8.28. The van der Waals surface area contributed by atoms with E-state index in [1.54, 1.807) is 12.3 Å². The van der Waals surface area contributed by atoms with Crippen LogP contribution in [0.3, 0.4) is 0 Å². The van der Waals surface area contributed by atoms with E-state index in [0.29, 0.717) is 17.4 Å². The zero-order chi connectivity index (χ0) is 20.5. The molecule has 1 N–H and O–H groups in total. The Kier molecular flexibility index (Phi) is 5.12. The molecule has 1 aromatic carbocycles. The predicted molar refractivity (Wildman–Crippen MR) is 121 cm³/mol. The lowest BCUT2D eigenvalue weighted by Gasteiger charge is -2.34. The highest BCUT2D eigenvalue weighted by Gasteiger charge is 2.19. The zero-order valence-corrected chi connectivity index (χ0v) is 17.4. The number of anilines is 3. The van der Waals surface area contributed by atoms with Crippen LogP contribution < -0.4 is 15.6 Å². The standard InChI is InChI=1S/C23H28N6O/c1-27-12-14-28(15-13-27)18-8-6-17(7-9-18)25-23-24-16-20-21(30)10-11-29(22(20)26-23)19-4-2-3-5-19/h6-11,16,19H,2-5,12-15H2,1H3,(H,24,25,26). The van der Waals surface area contributed by atoms with Crippen molar-refractivity contribution in [2.45, 2.75) is 31.7 Å². The van der Waals surface area contributed by atoms with Crippen LogP contribution in [0.2, 0.25) is 0 Å². The summed E-state index contributed by atoms with van der Waals surface area (Å²) in [5, 5.41) is 3.89. The topological polar surface area (TPSA) is 66.3 Å². The Bertz CT molecular complexity index is 1080. The molecule has 1 aliphatic heterocycles. The first kappa shape index (κ1) is 19.1. The van der Waals surface area contributed by atoms with Crippen molar-refractivity contribution in [1.82, 2.24) is 19.4 Å². The number of nitrogens with one attached hydrogen (secondary N) is 1. The number of hydrogen-bond donors (Lipinski definition) is 1. The maximum absolute atomic E-state index is 12.3. The molecule has 156 valence electrons. The third-order valence-electron chi connectivity index (χ3n) is 6.38. The number of benzene rings is 1. The molecule has 5 rings (SSSR count). The molecule has 0 atom stereocenters. The highest BCUT2D eigenvalue weighted by atomic mass is 16.1. The molecule has 1 saturated heterocycles. The molecule has 0 spiro atoms. The van der Waals surface area contributed by atoms with Crippen LogP contribution in [0, 0.1) is 0 Å². The summed E-state index contributed by atoms with van der Waals surface area (Å²) in [7, 11) is 2.17. The van der Waals surface area contributed by atoms with Gasteiger partial charge in [-0.3, -0.25) is 4.79 Å². The lowest BCUT2D eigenvalue weighted by Crippen LogP contribution is -2.44. The highest BCUT2D eigenvalue weighted by molar-refractivity contribution is 5.75. The molecule has 0 unspecified atom stereocenters. The number of aromatic nitrogens is 3. The number of rotatable bonds is 4. The highest BCUT2D eigenvalue weighted by Crippen LogP contribution is 2.31. The van der Waals surface area contributed by atoms with E-state index in [1.165, 1.54) is 18.5 Å². The molecule has 1 saturated carbocycles. The van der Waals surface area contributed by atoms with Gasteiger partial charge < -0.3 is 19.7 Å². The molecule has 2 aromatic heterocycles. The second-order valence-electron chi connectivity index (χ2n) is 8.42. The van der Waals surface area contributed by atoms with Crippen LogP contribution in [-0.2, 0) is 0 Å². The second-order valence-corrected chi connectivity index (χ2v) is 8.42. The van der Waals surface area contributed by atoms with E-state index in [4.69, 9.17) is 4.98 Å². The average molecular weight is 405 g/mol. The fraction of sp³-hybridized carbons (Fsp3) is 0.435. The van der Waals surface area contributed by atoms with Gasteiger partial charge in [0.1, 0.15) is 5.65 Å². The van der Waals surface area contributed by atoms with Crippen molar-refractivity contribution >= 4 is 28.4 Å². The minimum Gasteiger partial charge on any atom is -0.369 e. The Balaban J connectivity index is 1.38. The van der Waals surface area contributed by atoms with Crippen molar-refractivity contribution in [1.29, 1.82) is 0 Å². The van der Waals surface area contributed by atoms with Gasteiger partial charge in [-0.05, 0) is 44.2 Å². The molecule has 7 heteroatoms. The molecule has 3 aromatic rings. The number of fused-ring (bicyclic) bond motifs is 1. The molecular weight excluding hydrogens is 376 g/mol. The summed E-state index contributed by atoms with van der Waals surface area (Å²) in [6, 6.07) is 10.5. The SMILES string of the molecule is CN1CCN(c2ccc(Nc3ncc4c(=O)ccn(C5CCCC5)c4n3)cc2)CC1. The van der Waals surface area contributed by atoms with Gasteiger partial charge in [-0.15, -0.1) is 0 Å². The lowest BCUT2D eigenvalue weighted by molar-refractivity contribution is 0.313. The molecule has 0 radical (unpaired) electrons. The summed E-state index contributed by atoms with van der Waals surface area (Å²) < 4.78 is 2.16. The van der Waals surface area contributed by atoms with Crippen molar-refractivity contribution in [3.05, 3.63) is 52.9 Å². The Morgan fingerprint density at radius 1 is 1.00 bits per heavy atom. The Hall–Kier alpha value is -2.93. The van der Waals surface area contributed by atoms with E-state index >= 15 is 0 Å². The lowest BCUT2D eigenvalue weighted by atomic mass is 10.2. The average Bonchev–Trinajstić information content (AvgIpc) is 3.30. The van der Waals surface area contributed by atoms with E-state index in [0.717, 1.165) is 50.4 Å². The molecule has 2 aliphatic rings. The molecule has 0 amide bonds. The van der Waals surface area contributed by atoms with Gasteiger partial charge in [-0.1, -0.05) is 12.8 Å². The van der Waals surface area contributed by atoms with E-state index in [9.17, 15) is 4.79 Å². The van der Waals surface area contributed by atoms with Gasteiger partial charge in [0.15, 0.2) is 5.43 Å². The fourth-order valence-corrected chi connectivity index (χ4v) is 4.54. The first-order valence-electron chi connectivity index (χ1n) is 10.9. The Morgan fingerprint density at radius 3 is 2.47 bits per heavy atom. The van der Waals surface area contributed by atoms with Crippen LogP contribution >= 0.6 is 0 Å². The van der Waals surface area contributed by atoms with E-state index in [1.807, 2.05) is 6.20 Å². The number of pyridine rings is 1. The van der Waals surface area contributed by atoms with E-state index in [2.05, 4.69) is 56.0 Å². The van der Waals surface area contributed by atoms with Crippen molar-refractivity contribution in [2.75, 3.05) is 43.4 Å². The van der Waals surface area contributed by atoms with E-state index in [-0.39, 0.29) is 5.43 Å². The molecule has 3 heterocycles. The van der Waals surface area contributed by atoms with Crippen LogP contribution in [0.25, 0.3) is 11.0 Å². The minimum atomic E-state index is -0.0256. The molecule has 0 bridgehead atoms. The summed E-state index contributed by atoms with van der Waals surface area (Å²) in [5.74, 6) is 0.521.